The van der Waals surface area contributed by atoms with E-state index in [9.17, 15) is 14.4 Å². The predicted molar refractivity (Wildman–Crippen MR) is 123 cm³/mol. The quantitative estimate of drug-likeness (QED) is 0.717. The van der Waals surface area contributed by atoms with Crippen molar-refractivity contribution in [2.75, 3.05) is 23.4 Å². The molecule has 0 saturated heterocycles. The van der Waals surface area contributed by atoms with Gasteiger partial charge in [0, 0.05) is 17.9 Å². The van der Waals surface area contributed by atoms with Crippen LogP contribution in [0.3, 0.4) is 0 Å². The molecule has 32 heavy (non-hydrogen) atoms. The van der Waals surface area contributed by atoms with Crippen LogP contribution in [0, 0.1) is 25.7 Å². The smallest absolute Gasteiger partial charge is 0.310 e. The zero-order valence-corrected chi connectivity index (χ0v) is 18.7. The molecule has 2 aliphatic rings. The van der Waals surface area contributed by atoms with Crippen molar-refractivity contribution in [2.24, 2.45) is 11.8 Å². The van der Waals surface area contributed by atoms with Crippen LogP contribution < -0.4 is 10.2 Å². The van der Waals surface area contributed by atoms with E-state index in [4.69, 9.17) is 4.74 Å². The summed E-state index contributed by atoms with van der Waals surface area (Å²) in [6.45, 7) is 4.21. The Morgan fingerprint density at radius 2 is 1.75 bits per heavy atom. The largest absolute Gasteiger partial charge is 0.455 e. The van der Waals surface area contributed by atoms with Gasteiger partial charge in [0.25, 0.3) is 5.91 Å². The van der Waals surface area contributed by atoms with Crippen LogP contribution in [0.25, 0.3) is 0 Å². The molecule has 1 N–H and O–H groups in total. The van der Waals surface area contributed by atoms with E-state index < -0.39 is 17.8 Å². The zero-order valence-electron chi connectivity index (χ0n) is 18.7. The minimum Gasteiger partial charge on any atom is -0.455 e. The molecule has 0 spiro atoms. The van der Waals surface area contributed by atoms with Gasteiger partial charge in [-0.1, -0.05) is 43.2 Å². The average molecular weight is 435 g/mol. The topological polar surface area (TPSA) is 75.7 Å². The maximum absolute atomic E-state index is 13.4. The van der Waals surface area contributed by atoms with Crippen molar-refractivity contribution in [3.8, 4) is 0 Å². The number of anilines is 2. The van der Waals surface area contributed by atoms with Crippen LogP contribution in [-0.2, 0) is 25.5 Å². The number of hydrogen-bond donors (Lipinski definition) is 1. The molecule has 2 aromatic rings. The summed E-state index contributed by atoms with van der Waals surface area (Å²) in [5.41, 5.74) is 4.88. The number of benzene rings is 2. The summed E-state index contributed by atoms with van der Waals surface area (Å²) in [6.07, 6.45) is 3.93. The van der Waals surface area contributed by atoms with Crippen molar-refractivity contribution in [1.29, 1.82) is 0 Å². The van der Waals surface area contributed by atoms with Gasteiger partial charge in [0.05, 0.1) is 11.8 Å². The molecule has 1 aliphatic carbocycles. The van der Waals surface area contributed by atoms with Crippen LogP contribution in [0.4, 0.5) is 11.4 Å². The van der Waals surface area contributed by atoms with E-state index in [1.165, 1.54) is 5.56 Å². The Labute approximate surface area is 188 Å². The lowest BCUT2D eigenvalue weighted by Crippen LogP contribution is -2.42. The van der Waals surface area contributed by atoms with Gasteiger partial charge in [-0.3, -0.25) is 14.4 Å². The van der Waals surface area contributed by atoms with Crippen LogP contribution in [0.1, 0.15) is 42.4 Å². The molecule has 2 amide bonds. The SMILES string of the molecule is Cc1cccc(NC(=O)COC(=O)[C@@H]2CCCC[C@H]2C(=O)N2CCc3ccccc32)c1C. The number of ether oxygens (including phenoxy) is 1. The van der Waals surface area contributed by atoms with Crippen molar-refractivity contribution in [3.63, 3.8) is 0 Å². The summed E-state index contributed by atoms with van der Waals surface area (Å²) >= 11 is 0. The molecule has 0 aromatic heterocycles. The Morgan fingerprint density at radius 3 is 2.56 bits per heavy atom. The molecule has 168 valence electrons. The lowest BCUT2D eigenvalue weighted by molar-refractivity contribution is -0.156. The number of amides is 2. The second-order valence-corrected chi connectivity index (χ2v) is 8.77. The number of rotatable bonds is 5. The maximum Gasteiger partial charge on any atom is 0.310 e. The van der Waals surface area contributed by atoms with E-state index in [2.05, 4.69) is 5.32 Å². The Balaban J connectivity index is 1.38. The van der Waals surface area contributed by atoms with Gasteiger partial charge < -0.3 is 15.0 Å². The highest BCUT2D eigenvalue weighted by molar-refractivity contribution is 5.99. The van der Waals surface area contributed by atoms with Gasteiger partial charge in [-0.05, 0) is 61.9 Å². The summed E-state index contributed by atoms with van der Waals surface area (Å²) in [6, 6.07) is 13.6. The van der Waals surface area contributed by atoms with Crippen molar-refractivity contribution in [3.05, 3.63) is 59.2 Å². The number of esters is 1. The highest BCUT2D eigenvalue weighted by Gasteiger charge is 2.40. The molecule has 1 heterocycles. The third kappa shape index (κ3) is 4.54. The number of nitrogens with one attached hydrogen (secondary N) is 1. The van der Waals surface area contributed by atoms with Crippen LogP contribution >= 0.6 is 0 Å². The summed E-state index contributed by atoms with van der Waals surface area (Å²) in [5, 5.41) is 2.81. The van der Waals surface area contributed by atoms with Crippen molar-refractivity contribution in [1.82, 2.24) is 0 Å². The Kier molecular flexibility index (Phi) is 6.58. The Bertz CT molecular complexity index is 1030. The fourth-order valence-electron chi connectivity index (χ4n) is 4.79. The van der Waals surface area contributed by atoms with Crippen molar-refractivity contribution >= 4 is 29.2 Å². The van der Waals surface area contributed by atoms with E-state index in [1.54, 1.807) is 0 Å². The van der Waals surface area contributed by atoms with Gasteiger partial charge in [0.15, 0.2) is 6.61 Å². The first-order chi connectivity index (χ1) is 15.5. The van der Waals surface area contributed by atoms with Gasteiger partial charge in [0.1, 0.15) is 0 Å². The van der Waals surface area contributed by atoms with Crippen LogP contribution in [0.5, 0.6) is 0 Å². The summed E-state index contributed by atoms with van der Waals surface area (Å²) in [5.74, 6) is -1.73. The molecule has 2 aromatic carbocycles. The fourth-order valence-corrected chi connectivity index (χ4v) is 4.79. The highest BCUT2D eigenvalue weighted by Crippen LogP contribution is 2.36. The van der Waals surface area contributed by atoms with E-state index in [-0.39, 0.29) is 18.4 Å². The van der Waals surface area contributed by atoms with E-state index in [0.29, 0.717) is 25.1 Å². The van der Waals surface area contributed by atoms with Gasteiger partial charge in [0.2, 0.25) is 5.91 Å². The molecule has 6 heteroatoms. The molecular weight excluding hydrogens is 404 g/mol. The third-order valence-corrected chi connectivity index (χ3v) is 6.76. The van der Waals surface area contributed by atoms with Gasteiger partial charge in [-0.15, -0.1) is 0 Å². The fraction of sp³-hybridized carbons (Fsp3) is 0.423. The zero-order chi connectivity index (χ0) is 22.7. The van der Waals surface area contributed by atoms with E-state index in [0.717, 1.165) is 36.1 Å². The number of carbonyl (C=O) groups excluding carboxylic acids is 3. The minimum absolute atomic E-state index is 0.00330. The lowest BCUT2D eigenvalue weighted by atomic mass is 9.78. The molecular formula is C26H30N2O4. The summed E-state index contributed by atoms with van der Waals surface area (Å²) in [7, 11) is 0. The number of nitrogens with zero attached hydrogens (tertiary/aromatic N) is 1. The van der Waals surface area contributed by atoms with Gasteiger partial charge in [-0.25, -0.2) is 0 Å². The van der Waals surface area contributed by atoms with E-state index in [1.807, 2.05) is 61.2 Å². The van der Waals surface area contributed by atoms with Crippen molar-refractivity contribution < 1.29 is 19.1 Å². The number of hydrogen-bond acceptors (Lipinski definition) is 4. The second kappa shape index (κ2) is 9.55. The molecule has 2 atom stereocenters. The lowest BCUT2D eigenvalue weighted by Gasteiger charge is -2.32. The molecule has 0 radical (unpaired) electrons. The molecule has 1 aliphatic heterocycles. The molecule has 4 rings (SSSR count). The minimum atomic E-state index is -0.502. The van der Waals surface area contributed by atoms with Crippen LogP contribution in [0.15, 0.2) is 42.5 Å². The highest BCUT2D eigenvalue weighted by atomic mass is 16.5. The van der Waals surface area contributed by atoms with Crippen LogP contribution in [-0.4, -0.2) is 30.9 Å². The number of carbonyl (C=O) groups is 3. The average Bonchev–Trinajstić information content (AvgIpc) is 3.24. The first-order valence-electron chi connectivity index (χ1n) is 11.4. The third-order valence-electron chi connectivity index (χ3n) is 6.76. The standard InChI is InChI=1S/C26H30N2O4/c1-17-8-7-12-22(18(17)2)27-24(29)16-32-26(31)21-11-5-4-10-20(21)25(30)28-15-14-19-9-3-6-13-23(19)28/h3,6-9,12-13,20-21H,4-5,10-11,14-16H2,1-2H3,(H,27,29)/t20-,21-/m1/s1. The van der Waals surface area contributed by atoms with Gasteiger partial charge >= 0.3 is 5.97 Å². The molecule has 0 bridgehead atoms. The normalized spacial score (nSPS) is 19.9. The summed E-state index contributed by atoms with van der Waals surface area (Å²) in [4.78, 5) is 40.4. The molecule has 6 nitrogen and oxygen atoms in total. The van der Waals surface area contributed by atoms with Crippen LogP contribution in [0.2, 0.25) is 0 Å². The molecule has 0 unspecified atom stereocenters. The first kappa shape index (κ1) is 22.1. The van der Waals surface area contributed by atoms with E-state index >= 15 is 0 Å². The van der Waals surface area contributed by atoms with Crippen molar-refractivity contribution in [2.45, 2.75) is 46.0 Å². The second-order valence-electron chi connectivity index (χ2n) is 8.77. The maximum atomic E-state index is 13.4. The number of aryl methyl sites for hydroxylation is 1. The molecule has 1 fully saturated rings. The summed E-state index contributed by atoms with van der Waals surface area (Å²) < 4.78 is 5.38. The van der Waals surface area contributed by atoms with Gasteiger partial charge in [-0.2, -0.15) is 0 Å². The Morgan fingerprint density at radius 1 is 1.00 bits per heavy atom. The number of para-hydroxylation sites is 1. The first-order valence-corrected chi connectivity index (χ1v) is 11.4. The molecule has 1 saturated carbocycles. The Hall–Kier alpha value is -3.15. The monoisotopic (exact) mass is 434 g/mol. The predicted octanol–water partition coefficient (Wildman–Crippen LogP) is 4.18. The number of fused-ring (bicyclic) bond motifs is 1.